The summed E-state index contributed by atoms with van der Waals surface area (Å²) in [6.45, 7) is 0. The second kappa shape index (κ2) is 7.95. The molecule has 0 aliphatic rings. The van der Waals surface area contributed by atoms with Crippen molar-refractivity contribution in [2.24, 2.45) is 4.99 Å². The first-order valence-electron chi connectivity index (χ1n) is 7.09. The van der Waals surface area contributed by atoms with E-state index in [4.69, 9.17) is 17.4 Å². The highest BCUT2D eigenvalue weighted by molar-refractivity contribution is 7.78. The molecule has 0 aliphatic carbocycles. The van der Waals surface area contributed by atoms with Gasteiger partial charge in [0.05, 0.1) is 16.1 Å². The molecule has 8 nitrogen and oxygen atoms in total. The highest BCUT2D eigenvalue weighted by Gasteiger charge is 2.31. The Kier molecular flexibility index (Phi) is 5.90. The van der Waals surface area contributed by atoms with E-state index >= 15 is 0 Å². The molecular weight excluding hydrogens is 389 g/mol. The zero-order chi connectivity index (χ0) is 20.2. The van der Waals surface area contributed by atoms with Crippen LogP contribution in [-0.2, 0) is 18.8 Å². The molecule has 12 heteroatoms. The molecule has 1 heterocycles. The van der Waals surface area contributed by atoms with Crippen molar-refractivity contribution in [2.45, 2.75) is 6.18 Å². The maximum atomic E-state index is 12.6. The summed E-state index contributed by atoms with van der Waals surface area (Å²) in [5.74, 6) is -0.614. The number of benzene rings is 1. The van der Waals surface area contributed by atoms with E-state index in [0.29, 0.717) is 6.20 Å². The Morgan fingerprint density at radius 2 is 2.04 bits per heavy atom. The minimum Gasteiger partial charge on any atom is -0.759 e. The zero-order valence-electron chi connectivity index (χ0n) is 13.5. The minimum absolute atomic E-state index is 0.164. The predicted molar refractivity (Wildman–Crippen MR) is 90.8 cm³/mol. The fourth-order valence-corrected chi connectivity index (χ4v) is 2.14. The lowest BCUT2D eigenvalue weighted by atomic mass is 10.1. The molecule has 0 bridgehead atoms. The second-order valence-corrected chi connectivity index (χ2v) is 5.25. The van der Waals surface area contributed by atoms with Gasteiger partial charge in [-0.3, -0.25) is 10.1 Å². The van der Waals surface area contributed by atoms with Crippen molar-refractivity contribution in [2.75, 3.05) is 7.05 Å². The number of alkyl halides is 3. The van der Waals surface area contributed by atoms with E-state index in [1.165, 1.54) is 25.2 Å². The number of aromatic nitrogens is 1. The summed E-state index contributed by atoms with van der Waals surface area (Å²) in [6, 6.07) is 4.68. The molecule has 0 aliphatic heterocycles. The van der Waals surface area contributed by atoms with Crippen LogP contribution in [0.4, 0.5) is 23.7 Å². The predicted octanol–water partition coefficient (Wildman–Crippen LogP) is 3.43. The Balaban J connectivity index is 2.43. The van der Waals surface area contributed by atoms with Gasteiger partial charge in [0.2, 0.25) is 11.6 Å². The number of urea groups is 1. The van der Waals surface area contributed by atoms with Crippen molar-refractivity contribution in [3.05, 3.63) is 57.8 Å². The third-order valence-corrected chi connectivity index (χ3v) is 3.42. The molecular formula is C15H10F3N4O4S-. The van der Waals surface area contributed by atoms with Gasteiger partial charge in [-0.2, -0.15) is 13.2 Å². The number of hydrogen-bond donors (Lipinski definition) is 1. The number of nitro benzene ring substituents is 1. The quantitative estimate of drug-likeness (QED) is 0.278. The number of nitrogens with one attached hydrogen (secondary N) is 1. The van der Waals surface area contributed by atoms with Gasteiger partial charge in [-0.05, 0) is 18.2 Å². The fraction of sp³-hybridized carbons (Fsp3) is 0.133. The number of nitro groups is 1. The summed E-state index contributed by atoms with van der Waals surface area (Å²) in [7, 11) is 1.30. The van der Waals surface area contributed by atoms with E-state index in [-0.39, 0.29) is 22.2 Å². The van der Waals surface area contributed by atoms with Gasteiger partial charge in [0.1, 0.15) is 0 Å². The highest BCUT2D eigenvalue weighted by atomic mass is 32.1. The number of nitrogens with zero attached hydrogens (tertiary/aromatic N) is 3. The third-order valence-electron chi connectivity index (χ3n) is 3.11. The molecule has 0 radical (unpaired) electrons. The van der Waals surface area contributed by atoms with E-state index in [1.54, 1.807) is 0 Å². The smallest absolute Gasteiger partial charge is 0.417 e. The van der Waals surface area contributed by atoms with Crippen molar-refractivity contribution in [1.82, 2.24) is 10.3 Å². The molecule has 2 aromatic rings. The SMILES string of the molecule is CNC(=O)N=C([S-])c1cccc(Oc2ccc(C(F)(F)F)cn2)c1[N+](=O)[O-]. The monoisotopic (exact) mass is 399 g/mol. The normalized spacial score (nSPS) is 11.8. The van der Waals surface area contributed by atoms with Crippen molar-refractivity contribution in [1.29, 1.82) is 0 Å². The fourth-order valence-electron chi connectivity index (χ4n) is 1.89. The summed E-state index contributed by atoms with van der Waals surface area (Å²) in [6.07, 6.45) is -4.04. The number of pyridine rings is 1. The number of carbonyl (C=O) groups is 1. The second-order valence-electron chi connectivity index (χ2n) is 4.87. The number of amides is 2. The molecule has 0 atom stereocenters. The van der Waals surface area contributed by atoms with Gasteiger partial charge in [0, 0.05) is 19.3 Å². The number of rotatable bonds is 4. The van der Waals surface area contributed by atoms with Crippen molar-refractivity contribution in [3.63, 3.8) is 0 Å². The van der Waals surface area contributed by atoms with E-state index in [0.717, 1.165) is 12.1 Å². The number of carbonyl (C=O) groups excluding carboxylic acids is 1. The number of hydrogen-bond acceptors (Lipinski definition) is 6. The third kappa shape index (κ3) is 4.88. The van der Waals surface area contributed by atoms with Gasteiger partial charge in [0.25, 0.3) is 0 Å². The van der Waals surface area contributed by atoms with E-state index < -0.39 is 28.4 Å². The van der Waals surface area contributed by atoms with Crippen LogP contribution in [-0.4, -0.2) is 28.0 Å². The van der Waals surface area contributed by atoms with Gasteiger partial charge in [-0.1, -0.05) is 11.1 Å². The molecule has 142 valence electrons. The van der Waals surface area contributed by atoms with Crippen molar-refractivity contribution in [3.8, 4) is 11.6 Å². The average molecular weight is 399 g/mol. The summed E-state index contributed by atoms with van der Waals surface area (Å²) in [4.78, 5) is 28.9. The van der Waals surface area contributed by atoms with Crippen LogP contribution in [0.15, 0.2) is 41.5 Å². The Bertz CT molecular complexity index is 901. The van der Waals surface area contributed by atoms with Crippen LogP contribution in [0, 0.1) is 10.1 Å². The molecule has 1 N–H and O–H groups in total. The van der Waals surface area contributed by atoms with Gasteiger partial charge in [0.15, 0.2) is 0 Å². The molecule has 2 rings (SSSR count). The first-order chi connectivity index (χ1) is 12.6. The van der Waals surface area contributed by atoms with E-state index in [1.807, 2.05) is 0 Å². The van der Waals surface area contributed by atoms with Crippen LogP contribution < -0.4 is 10.1 Å². The van der Waals surface area contributed by atoms with Crippen molar-refractivity contribution < 1.29 is 27.6 Å². The first kappa shape index (κ1) is 20.0. The summed E-state index contributed by atoms with van der Waals surface area (Å²) in [5, 5.41) is 13.3. The van der Waals surface area contributed by atoms with Gasteiger partial charge in [-0.25, -0.2) is 14.8 Å². The van der Waals surface area contributed by atoms with Crippen LogP contribution in [0.1, 0.15) is 11.1 Å². The Morgan fingerprint density at radius 1 is 1.33 bits per heavy atom. The highest BCUT2D eigenvalue weighted by Crippen LogP contribution is 2.35. The van der Waals surface area contributed by atoms with Crippen LogP contribution >= 0.6 is 0 Å². The van der Waals surface area contributed by atoms with Crippen LogP contribution in [0.25, 0.3) is 0 Å². The minimum atomic E-state index is -4.58. The summed E-state index contributed by atoms with van der Waals surface area (Å²) >= 11 is 4.92. The van der Waals surface area contributed by atoms with E-state index in [9.17, 15) is 28.1 Å². The van der Waals surface area contributed by atoms with Gasteiger partial charge in [-0.15, -0.1) is 0 Å². The number of para-hydroxylation sites is 1. The molecule has 0 spiro atoms. The van der Waals surface area contributed by atoms with Crippen LogP contribution in [0.3, 0.4) is 0 Å². The zero-order valence-corrected chi connectivity index (χ0v) is 14.3. The van der Waals surface area contributed by atoms with E-state index in [2.05, 4.69) is 15.3 Å². The lowest BCUT2D eigenvalue weighted by molar-refractivity contribution is -0.385. The molecule has 0 fully saturated rings. The maximum absolute atomic E-state index is 12.6. The van der Waals surface area contributed by atoms with Gasteiger partial charge < -0.3 is 22.7 Å². The summed E-state index contributed by atoms with van der Waals surface area (Å²) in [5.41, 5.74) is -1.76. The Morgan fingerprint density at radius 3 is 2.56 bits per heavy atom. The lowest BCUT2D eigenvalue weighted by Crippen LogP contribution is -2.15. The van der Waals surface area contributed by atoms with Crippen LogP contribution in [0.5, 0.6) is 11.6 Å². The molecule has 0 saturated carbocycles. The number of aliphatic imine (C=N–C) groups is 1. The van der Waals surface area contributed by atoms with Gasteiger partial charge >= 0.3 is 17.9 Å². The van der Waals surface area contributed by atoms with Crippen LogP contribution in [0.2, 0.25) is 0 Å². The average Bonchev–Trinajstić information content (AvgIpc) is 2.60. The van der Waals surface area contributed by atoms with Crippen molar-refractivity contribution >= 4 is 29.4 Å². The molecule has 1 aromatic carbocycles. The molecule has 0 saturated heterocycles. The molecule has 0 unspecified atom stereocenters. The number of halogens is 3. The maximum Gasteiger partial charge on any atom is 0.417 e. The standard InChI is InChI=1S/C15H11F3N4O4S/c1-19-14(23)21-13(27)9-3-2-4-10(12(9)22(24)25)26-11-6-5-8(7-20-11)15(16,17)18/h2-7H,1H3,(H2,19,21,23,27)/p-1. The Hall–Kier alpha value is -3.28. The largest absolute Gasteiger partial charge is 0.759 e. The Labute approximate surface area is 155 Å². The number of ether oxygens (including phenoxy) is 1. The first-order valence-corrected chi connectivity index (χ1v) is 7.50. The molecule has 2 amide bonds. The summed E-state index contributed by atoms with van der Waals surface area (Å²) < 4.78 is 42.9. The topological polar surface area (TPSA) is 107 Å². The molecule has 27 heavy (non-hydrogen) atoms. The lowest BCUT2D eigenvalue weighted by Gasteiger charge is -2.14. The molecule has 1 aromatic heterocycles.